The Morgan fingerprint density at radius 2 is 1.56 bits per heavy atom. The van der Waals surface area contributed by atoms with Crippen LogP contribution in [0.5, 0.6) is 0 Å². The van der Waals surface area contributed by atoms with Gasteiger partial charge in [0.15, 0.2) is 0 Å². The summed E-state index contributed by atoms with van der Waals surface area (Å²) in [5.41, 5.74) is 1.09. The highest BCUT2D eigenvalue weighted by Gasteiger charge is 2.29. The molecule has 0 spiro atoms. The highest BCUT2D eigenvalue weighted by molar-refractivity contribution is 8.01. The number of nitrogens with zero attached hydrogens (tertiary/aromatic N) is 2. The molecular weight excluding hydrogens is 326 g/mol. The summed E-state index contributed by atoms with van der Waals surface area (Å²) in [6.07, 6.45) is 16.8. The maximum atomic E-state index is 4.52. The minimum atomic E-state index is 0.668. The van der Waals surface area contributed by atoms with Crippen molar-refractivity contribution in [3.05, 3.63) is 23.5 Å². The van der Waals surface area contributed by atoms with Crippen molar-refractivity contribution in [3.8, 4) is 0 Å². The fourth-order valence-corrected chi connectivity index (χ4v) is 4.79. The Hall–Kier alpha value is -0.900. The molecule has 0 aromatic carbocycles. The first-order valence-electron chi connectivity index (χ1n) is 10.2. The summed E-state index contributed by atoms with van der Waals surface area (Å²) >= 11 is 1.54. The van der Waals surface area contributed by atoms with Gasteiger partial charge in [0.05, 0.1) is 10.9 Å². The molecule has 25 heavy (non-hydrogen) atoms. The zero-order chi connectivity index (χ0) is 18.1. The number of rotatable bonds is 8. The van der Waals surface area contributed by atoms with Crippen LogP contribution in [0.3, 0.4) is 0 Å². The molecular formula is C21H37N3S. The predicted molar refractivity (Wildman–Crippen MR) is 113 cm³/mol. The van der Waals surface area contributed by atoms with Crippen molar-refractivity contribution >= 4 is 17.7 Å². The van der Waals surface area contributed by atoms with Crippen molar-refractivity contribution in [1.82, 2.24) is 10.2 Å². The molecule has 0 saturated heterocycles. The molecule has 0 bridgehead atoms. The lowest BCUT2D eigenvalue weighted by Gasteiger charge is -2.44. The maximum absolute atomic E-state index is 4.52. The first-order chi connectivity index (χ1) is 12.1. The highest BCUT2D eigenvalue weighted by Crippen LogP contribution is 2.32. The molecule has 0 heterocycles. The van der Waals surface area contributed by atoms with Crippen LogP contribution in [0.1, 0.15) is 91.4 Å². The van der Waals surface area contributed by atoms with Gasteiger partial charge in [-0.3, -0.25) is 0 Å². The summed E-state index contributed by atoms with van der Waals surface area (Å²) in [4.78, 5) is 2.66. The van der Waals surface area contributed by atoms with Crippen LogP contribution >= 0.6 is 11.9 Å². The van der Waals surface area contributed by atoms with Gasteiger partial charge in [-0.1, -0.05) is 58.1 Å². The van der Waals surface area contributed by atoms with Gasteiger partial charge in [0.25, 0.3) is 0 Å². The third-order valence-electron chi connectivity index (χ3n) is 5.23. The van der Waals surface area contributed by atoms with Gasteiger partial charge < -0.3 is 10.2 Å². The number of nitrogens with one attached hydrogen (secondary N) is 1. The average molecular weight is 364 g/mol. The molecule has 0 amide bonds. The molecule has 2 aliphatic carbocycles. The first-order valence-corrected chi connectivity index (χ1v) is 11.0. The van der Waals surface area contributed by atoms with Gasteiger partial charge >= 0.3 is 0 Å². The second-order valence-corrected chi connectivity index (χ2v) is 8.47. The van der Waals surface area contributed by atoms with Crippen molar-refractivity contribution in [2.75, 3.05) is 0 Å². The Kier molecular flexibility index (Phi) is 8.94. The van der Waals surface area contributed by atoms with E-state index in [9.17, 15) is 0 Å². The van der Waals surface area contributed by atoms with E-state index in [1.165, 1.54) is 64.2 Å². The monoisotopic (exact) mass is 363 g/mol. The molecule has 2 saturated carbocycles. The minimum Gasteiger partial charge on any atom is -0.353 e. The van der Waals surface area contributed by atoms with Crippen LogP contribution in [0.2, 0.25) is 0 Å². The van der Waals surface area contributed by atoms with E-state index in [1.807, 2.05) is 13.8 Å². The molecule has 142 valence electrons. The Morgan fingerprint density at radius 3 is 2.00 bits per heavy atom. The molecule has 0 radical (unpaired) electrons. The Labute approximate surface area is 159 Å². The Bertz CT molecular complexity index is 450. The van der Waals surface area contributed by atoms with E-state index in [1.54, 1.807) is 11.9 Å². The van der Waals surface area contributed by atoms with E-state index in [4.69, 9.17) is 0 Å². The fraction of sp³-hybridized carbons (Fsp3) is 0.762. The van der Waals surface area contributed by atoms with Crippen LogP contribution in [0, 0.1) is 0 Å². The zero-order valence-corrected chi connectivity index (χ0v) is 17.3. The van der Waals surface area contributed by atoms with Crippen LogP contribution in [0.4, 0.5) is 0 Å². The summed E-state index contributed by atoms with van der Waals surface area (Å²) in [5.74, 6) is 1.09. The third-order valence-corrected chi connectivity index (χ3v) is 6.15. The smallest absolute Gasteiger partial charge is 0.0992 e. The lowest BCUT2D eigenvalue weighted by Crippen LogP contribution is -2.47. The Balaban J connectivity index is 2.09. The standard InChI is InChI=1S/C21H37N3S/c1-5-12-21(25-23-17(2)3)22-18(4)24(19-13-8-6-9-14-19)20-15-10-7-11-16-20/h12,19-20,22H,4-11,13-16H2,1-3H3/b21-12-. The molecule has 2 rings (SSSR count). The van der Waals surface area contributed by atoms with Crippen LogP contribution in [-0.4, -0.2) is 22.7 Å². The topological polar surface area (TPSA) is 27.6 Å². The van der Waals surface area contributed by atoms with Gasteiger partial charge in [-0.05, 0) is 46.0 Å². The van der Waals surface area contributed by atoms with Gasteiger partial charge in [-0.25, -0.2) is 4.40 Å². The molecule has 0 aromatic heterocycles. The number of hydrogen-bond acceptors (Lipinski definition) is 4. The Morgan fingerprint density at radius 1 is 1.04 bits per heavy atom. The van der Waals surface area contributed by atoms with E-state index in [2.05, 4.69) is 34.2 Å². The first kappa shape index (κ1) is 20.4. The largest absolute Gasteiger partial charge is 0.353 e. The van der Waals surface area contributed by atoms with Crippen molar-refractivity contribution in [1.29, 1.82) is 0 Å². The normalized spacial score (nSPS) is 20.2. The van der Waals surface area contributed by atoms with Gasteiger partial charge in [0.1, 0.15) is 0 Å². The minimum absolute atomic E-state index is 0.668. The molecule has 2 fully saturated rings. The second-order valence-electron chi connectivity index (χ2n) is 7.67. The van der Waals surface area contributed by atoms with Gasteiger partial charge in [-0.15, -0.1) is 0 Å². The van der Waals surface area contributed by atoms with Gasteiger partial charge in [0.2, 0.25) is 0 Å². The van der Waals surface area contributed by atoms with Crippen molar-refractivity contribution in [2.24, 2.45) is 4.40 Å². The predicted octanol–water partition coefficient (Wildman–Crippen LogP) is 6.40. The summed E-state index contributed by atoms with van der Waals surface area (Å²) in [5, 5.41) is 4.73. The lowest BCUT2D eigenvalue weighted by atomic mass is 9.88. The zero-order valence-electron chi connectivity index (χ0n) is 16.5. The summed E-state index contributed by atoms with van der Waals surface area (Å²) in [6, 6.07) is 1.34. The SMILES string of the molecule is C=C(N/C(=C/CC)SN=C(C)C)N(C1CCCCC1)C1CCCCC1. The molecule has 0 aliphatic heterocycles. The summed E-state index contributed by atoms with van der Waals surface area (Å²) in [6.45, 7) is 10.7. The lowest BCUT2D eigenvalue weighted by molar-refractivity contribution is 0.113. The summed E-state index contributed by atoms with van der Waals surface area (Å²) < 4.78 is 4.52. The molecule has 4 heteroatoms. The van der Waals surface area contributed by atoms with Crippen molar-refractivity contribution in [2.45, 2.75) is 103 Å². The quantitative estimate of drug-likeness (QED) is 0.399. The number of allylic oxidation sites excluding steroid dienone is 1. The molecule has 2 aliphatic rings. The van der Waals surface area contributed by atoms with Gasteiger partial charge in [0, 0.05) is 29.7 Å². The van der Waals surface area contributed by atoms with Crippen LogP contribution in [0.25, 0.3) is 0 Å². The highest BCUT2D eigenvalue weighted by atomic mass is 32.2. The van der Waals surface area contributed by atoms with E-state index >= 15 is 0 Å². The van der Waals surface area contributed by atoms with E-state index < -0.39 is 0 Å². The molecule has 0 unspecified atom stereocenters. The van der Waals surface area contributed by atoms with Crippen LogP contribution in [0.15, 0.2) is 27.9 Å². The van der Waals surface area contributed by atoms with Gasteiger partial charge in [-0.2, -0.15) is 0 Å². The van der Waals surface area contributed by atoms with E-state index in [0.717, 1.165) is 23.0 Å². The molecule has 3 nitrogen and oxygen atoms in total. The van der Waals surface area contributed by atoms with Crippen LogP contribution < -0.4 is 5.32 Å². The molecule has 0 atom stereocenters. The average Bonchev–Trinajstić information content (AvgIpc) is 2.62. The fourth-order valence-electron chi connectivity index (χ4n) is 4.10. The molecule has 0 aromatic rings. The third kappa shape index (κ3) is 6.73. The van der Waals surface area contributed by atoms with Crippen molar-refractivity contribution in [3.63, 3.8) is 0 Å². The van der Waals surface area contributed by atoms with Crippen LogP contribution in [-0.2, 0) is 0 Å². The second kappa shape index (κ2) is 10.9. The van der Waals surface area contributed by atoms with Crippen molar-refractivity contribution < 1.29 is 0 Å². The number of hydrogen-bond donors (Lipinski definition) is 1. The molecule has 1 N–H and O–H groups in total. The summed E-state index contributed by atoms with van der Waals surface area (Å²) in [7, 11) is 0. The van der Waals surface area contributed by atoms with E-state index in [-0.39, 0.29) is 0 Å². The maximum Gasteiger partial charge on any atom is 0.0992 e. The van der Waals surface area contributed by atoms with E-state index in [0.29, 0.717) is 12.1 Å².